The number of nitrogens with zero attached hydrogens (tertiary/aromatic N) is 1. The molecular formula is C14H25BrN2OS. The van der Waals surface area contributed by atoms with Gasteiger partial charge in [-0.15, -0.1) is 11.3 Å². The fourth-order valence-corrected chi connectivity index (χ4v) is 3.70. The van der Waals surface area contributed by atoms with Crippen LogP contribution in [0.4, 0.5) is 0 Å². The molecule has 3 nitrogen and oxygen atoms in total. The van der Waals surface area contributed by atoms with Gasteiger partial charge < -0.3 is 10.5 Å². The van der Waals surface area contributed by atoms with E-state index in [1.165, 1.54) is 4.88 Å². The molecule has 0 saturated carbocycles. The first-order valence-electron chi connectivity index (χ1n) is 6.78. The molecule has 1 heterocycles. The fraction of sp³-hybridized carbons (Fsp3) is 0.714. The zero-order valence-electron chi connectivity index (χ0n) is 12.2. The Bertz CT molecular complexity index is 370. The number of thiophene rings is 1. The molecule has 0 aromatic carbocycles. The van der Waals surface area contributed by atoms with E-state index in [0.717, 1.165) is 23.4 Å². The summed E-state index contributed by atoms with van der Waals surface area (Å²) in [6.45, 7) is 7.90. The number of rotatable bonds is 8. The zero-order valence-corrected chi connectivity index (χ0v) is 14.6. The average molecular weight is 349 g/mol. The van der Waals surface area contributed by atoms with E-state index in [4.69, 9.17) is 10.5 Å². The summed E-state index contributed by atoms with van der Waals surface area (Å²) in [4.78, 5) is 3.61. The van der Waals surface area contributed by atoms with Crippen LogP contribution in [0.15, 0.2) is 15.9 Å². The minimum atomic E-state index is 0.148. The van der Waals surface area contributed by atoms with Gasteiger partial charge in [-0.3, -0.25) is 4.90 Å². The first kappa shape index (κ1) is 17.1. The zero-order chi connectivity index (χ0) is 14.4. The predicted molar refractivity (Wildman–Crippen MR) is 86.7 cm³/mol. The summed E-state index contributed by atoms with van der Waals surface area (Å²) in [7, 11) is 2.12. The van der Waals surface area contributed by atoms with Gasteiger partial charge in [0.25, 0.3) is 0 Å². The molecule has 1 aromatic rings. The van der Waals surface area contributed by atoms with Gasteiger partial charge in [-0.05, 0) is 55.4 Å². The van der Waals surface area contributed by atoms with Crippen molar-refractivity contribution in [2.24, 2.45) is 5.73 Å². The molecule has 0 aliphatic carbocycles. The molecule has 0 aliphatic heterocycles. The maximum atomic E-state index is 6.30. The van der Waals surface area contributed by atoms with Crippen LogP contribution in [0.25, 0.3) is 0 Å². The van der Waals surface area contributed by atoms with Crippen LogP contribution in [0.3, 0.4) is 0 Å². The number of halogens is 1. The molecule has 0 aliphatic rings. The third kappa shape index (κ3) is 5.52. The Hall–Kier alpha value is 0.0600. The molecule has 0 spiro atoms. The number of nitrogens with two attached hydrogens (primary N) is 1. The van der Waals surface area contributed by atoms with Gasteiger partial charge in [0.05, 0.1) is 22.5 Å². The largest absolute Gasteiger partial charge is 0.377 e. The van der Waals surface area contributed by atoms with Crippen LogP contribution in [0.5, 0.6) is 0 Å². The van der Waals surface area contributed by atoms with Crippen molar-refractivity contribution >= 4 is 27.3 Å². The van der Waals surface area contributed by atoms with Crippen LogP contribution in [0, 0.1) is 0 Å². The highest BCUT2D eigenvalue weighted by molar-refractivity contribution is 9.11. The predicted octanol–water partition coefficient (Wildman–Crippen LogP) is 3.65. The van der Waals surface area contributed by atoms with Gasteiger partial charge in [0.15, 0.2) is 0 Å². The minimum Gasteiger partial charge on any atom is -0.377 e. The van der Waals surface area contributed by atoms with Crippen LogP contribution in [-0.4, -0.2) is 37.2 Å². The average Bonchev–Trinajstić information content (AvgIpc) is 2.75. The molecule has 2 unspecified atom stereocenters. The maximum absolute atomic E-state index is 6.30. The molecule has 0 saturated heterocycles. The summed E-state index contributed by atoms with van der Waals surface area (Å²) in [6, 6.07) is 4.66. The molecule has 1 aromatic heterocycles. The van der Waals surface area contributed by atoms with Gasteiger partial charge in [0, 0.05) is 17.5 Å². The highest BCUT2D eigenvalue weighted by atomic mass is 79.9. The Balaban J connectivity index is 2.68. The molecule has 0 bridgehead atoms. The standard InChI is InChI=1S/C14H25BrN2OS/c1-5-11(16)14(12-6-7-13(15)19-12)17(4)8-9-18-10(2)3/h6-7,10-11,14H,5,8-9,16H2,1-4H3. The van der Waals surface area contributed by atoms with Crippen LogP contribution < -0.4 is 5.73 Å². The third-order valence-corrected chi connectivity index (χ3v) is 4.83. The lowest BCUT2D eigenvalue weighted by Gasteiger charge is -2.31. The van der Waals surface area contributed by atoms with E-state index in [-0.39, 0.29) is 18.2 Å². The first-order valence-corrected chi connectivity index (χ1v) is 8.39. The molecule has 110 valence electrons. The van der Waals surface area contributed by atoms with Crippen molar-refractivity contribution in [3.05, 3.63) is 20.8 Å². The third-order valence-electron chi connectivity index (χ3n) is 3.13. The summed E-state index contributed by atoms with van der Waals surface area (Å²) in [5.74, 6) is 0. The summed E-state index contributed by atoms with van der Waals surface area (Å²) in [6.07, 6.45) is 1.25. The summed E-state index contributed by atoms with van der Waals surface area (Å²) in [5.41, 5.74) is 6.30. The van der Waals surface area contributed by atoms with Gasteiger partial charge in [-0.25, -0.2) is 0 Å². The van der Waals surface area contributed by atoms with Crippen molar-refractivity contribution in [2.45, 2.75) is 45.4 Å². The summed E-state index contributed by atoms with van der Waals surface area (Å²) in [5, 5.41) is 0. The van der Waals surface area contributed by atoms with Gasteiger partial charge in [0.2, 0.25) is 0 Å². The monoisotopic (exact) mass is 348 g/mol. The lowest BCUT2D eigenvalue weighted by atomic mass is 10.0. The number of likely N-dealkylation sites (N-methyl/N-ethyl adjacent to an activating group) is 1. The lowest BCUT2D eigenvalue weighted by Crippen LogP contribution is -2.40. The molecule has 2 atom stereocenters. The van der Waals surface area contributed by atoms with Crippen molar-refractivity contribution in [3.8, 4) is 0 Å². The Kier molecular flexibility index (Phi) is 7.54. The minimum absolute atomic E-state index is 0.148. The quantitative estimate of drug-likeness (QED) is 0.779. The molecule has 0 fully saturated rings. The molecule has 5 heteroatoms. The molecular weight excluding hydrogens is 324 g/mol. The second-order valence-corrected chi connectivity index (χ2v) is 7.55. The van der Waals surface area contributed by atoms with Crippen LogP contribution in [0.1, 0.15) is 38.1 Å². The summed E-state index contributed by atoms with van der Waals surface area (Å²) < 4.78 is 6.78. The van der Waals surface area contributed by atoms with E-state index in [9.17, 15) is 0 Å². The lowest BCUT2D eigenvalue weighted by molar-refractivity contribution is 0.0531. The smallest absolute Gasteiger partial charge is 0.0702 e. The molecule has 19 heavy (non-hydrogen) atoms. The van der Waals surface area contributed by atoms with Gasteiger partial charge in [-0.1, -0.05) is 6.92 Å². The SMILES string of the molecule is CCC(N)C(c1ccc(Br)s1)N(C)CCOC(C)C. The second kappa shape index (κ2) is 8.37. The van der Waals surface area contributed by atoms with E-state index in [0.29, 0.717) is 0 Å². The highest BCUT2D eigenvalue weighted by Crippen LogP contribution is 2.32. The van der Waals surface area contributed by atoms with E-state index in [1.807, 2.05) is 0 Å². The van der Waals surface area contributed by atoms with E-state index >= 15 is 0 Å². The Morgan fingerprint density at radius 2 is 2.11 bits per heavy atom. The topological polar surface area (TPSA) is 38.5 Å². The van der Waals surface area contributed by atoms with Gasteiger partial charge >= 0.3 is 0 Å². The molecule has 0 amide bonds. The van der Waals surface area contributed by atoms with Crippen molar-refractivity contribution in [3.63, 3.8) is 0 Å². The molecule has 2 N–H and O–H groups in total. The van der Waals surface area contributed by atoms with Gasteiger partial charge in [-0.2, -0.15) is 0 Å². The molecule has 1 rings (SSSR count). The normalized spacial score (nSPS) is 15.2. The Labute approximate surface area is 129 Å². The number of ether oxygens (including phenoxy) is 1. The van der Waals surface area contributed by atoms with Crippen molar-refractivity contribution in [2.75, 3.05) is 20.2 Å². The van der Waals surface area contributed by atoms with Crippen LogP contribution in [0.2, 0.25) is 0 Å². The van der Waals surface area contributed by atoms with Crippen molar-refractivity contribution in [1.29, 1.82) is 0 Å². The van der Waals surface area contributed by atoms with E-state index in [2.05, 4.69) is 60.8 Å². The van der Waals surface area contributed by atoms with Crippen molar-refractivity contribution in [1.82, 2.24) is 4.90 Å². The van der Waals surface area contributed by atoms with Gasteiger partial charge in [0.1, 0.15) is 0 Å². The van der Waals surface area contributed by atoms with Crippen LogP contribution >= 0.6 is 27.3 Å². The van der Waals surface area contributed by atoms with Crippen molar-refractivity contribution < 1.29 is 4.74 Å². The van der Waals surface area contributed by atoms with Crippen LogP contribution in [-0.2, 0) is 4.74 Å². The fourth-order valence-electron chi connectivity index (χ4n) is 2.04. The van der Waals surface area contributed by atoms with E-state index in [1.54, 1.807) is 11.3 Å². The molecule has 0 radical (unpaired) electrons. The maximum Gasteiger partial charge on any atom is 0.0702 e. The number of hydrogen-bond donors (Lipinski definition) is 1. The van der Waals surface area contributed by atoms with E-state index < -0.39 is 0 Å². The Morgan fingerprint density at radius 3 is 2.58 bits per heavy atom. The Morgan fingerprint density at radius 1 is 1.42 bits per heavy atom. The highest BCUT2D eigenvalue weighted by Gasteiger charge is 2.24. The first-order chi connectivity index (χ1) is 8.95. The second-order valence-electron chi connectivity index (χ2n) is 5.06. The number of hydrogen-bond acceptors (Lipinski definition) is 4. The summed E-state index contributed by atoms with van der Waals surface area (Å²) >= 11 is 5.29.